The van der Waals surface area contributed by atoms with Crippen molar-refractivity contribution in [3.8, 4) is 50.2 Å². The van der Waals surface area contributed by atoms with Gasteiger partial charge in [0.2, 0.25) is 0 Å². The minimum absolute atomic E-state index is 0.343. The lowest BCUT2D eigenvalue weighted by atomic mass is 9.90. The number of carbonyl (C=O) groups is 2. The van der Waals surface area contributed by atoms with E-state index in [9.17, 15) is 4.79 Å². The van der Waals surface area contributed by atoms with Gasteiger partial charge in [-0.25, -0.2) is 4.90 Å². The second-order valence-electron chi connectivity index (χ2n) is 14.1. The molecule has 2 amide bonds. The van der Waals surface area contributed by atoms with Crippen LogP contribution in [0.5, 0.6) is 0 Å². The van der Waals surface area contributed by atoms with Crippen LogP contribution in [0.2, 0.25) is 0 Å². The predicted octanol–water partition coefficient (Wildman–Crippen LogP) is 12.6. The molecule has 4 nitrogen and oxygen atoms in total. The van der Waals surface area contributed by atoms with Crippen molar-refractivity contribution in [1.29, 1.82) is 0 Å². The van der Waals surface area contributed by atoms with Crippen LogP contribution in [-0.2, 0) is 0 Å². The number of rotatable bonds is 6. The van der Waals surface area contributed by atoms with Crippen LogP contribution in [0.15, 0.2) is 188 Å². The van der Waals surface area contributed by atoms with Crippen LogP contribution in [0.3, 0.4) is 0 Å². The van der Waals surface area contributed by atoms with E-state index in [4.69, 9.17) is 0 Å². The predicted molar refractivity (Wildman–Crippen MR) is 225 cm³/mol. The number of carbonyl (C=O) groups excluding carboxylic acids is 2. The van der Waals surface area contributed by atoms with Crippen molar-refractivity contribution in [3.05, 3.63) is 205 Å². The van der Waals surface area contributed by atoms with Gasteiger partial charge in [0.05, 0.1) is 33.5 Å². The van der Waals surface area contributed by atoms with Crippen LogP contribution >= 0.6 is 0 Å². The first-order valence-corrected chi connectivity index (χ1v) is 18.5. The summed E-state index contributed by atoms with van der Waals surface area (Å²) >= 11 is 0. The number of aryl methyl sites for hydroxylation is 1. The second kappa shape index (κ2) is 13.0. The number of hydrogen-bond donors (Lipinski definition) is 0. The molecule has 260 valence electrons. The molecular weight excluding hydrogens is 673 g/mol. The van der Waals surface area contributed by atoms with Gasteiger partial charge in [-0.15, -0.1) is 0 Å². The lowest BCUT2D eigenvalue weighted by Crippen LogP contribution is -2.30. The van der Waals surface area contributed by atoms with Gasteiger partial charge in [-0.3, -0.25) is 9.59 Å². The first-order valence-electron chi connectivity index (χ1n) is 18.5. The number of aromatic nitrogens is 1. The number of imide groups is 1. The number of fused-ring (bicyclic) bond motifs is 4. The highest BCUT2D eigenvalue weighted by molar-refractivity contribution is 6.37. The minimum Gasteiger partial charge on any atom is -0.308 e. The largest absolute Gasteiger partial charge is 0.308 e. The maximum atomic E-state index is 15.3. The third-order valence-corrected chi connectivity index (χ3v) is 10.9. The molecule has 4 heteroatoms. The van der Waals surface area contributed by atoms with E-state index >= 15 is 4.79 Å². The molecule has 1 aromatic heterocycles. The molecule has 0 bridgehead atoms. The standard InChI is InChI=1S/C51H34N2O2/c1-33-16-11-12-23-39(33)37-28-29-41-40-24-13-14-26-45(40)52(47(41)32-37)46-27-15-25-42-48(46)51(55)53(50(42)54)49-43(35-19-7-3-8-20-35)30-38(34-17-5-2-6-18-34)31-44(49)36-21-9-4-10-22-36/h2-32H,1H3. The Bertz CT molecular complexity index is 2900. The molecule has 55 heavy (non-hydrogen) atoms. The highest BCUT2D eigenvalue weighted by atomic mass is 16.2. The molecule has 2 heterocycles. The Kier molecular flexibility index (Phi) is 7.63. The fourth-order valence-electron chi connectivity index (χ4n) is 8.30. The molecule has 9 aromatic rings. The van der Waals surface area contributed by atoms with E-state index in [1.54, 1.807) is 6.07 Å². The van der Waals surface area contributed by atoms with Gasteiger partial charge in [0.1, 0.15) is 0 Å². The van der Waals surface area contributed by atoms with E-state index in [-0.39, 0.29) is 11.8 Å². The lowest BCUT2D eigenvalue weighted by molar-refractivity contribution is 0.0926. The minimum atomic E-state index is -0.349. The summed E-state index contributed by atoms with van der Waals surface area (Å²) in [6.45, 7) is 2.12. The van der Waals surface area contributed by atoms with Gasteiger partial charge in [-0.2, -0.15) is 0 Å². The molecule has 0 radical (unpaired) electrons. The second-order valence-corrected chi connectivity index (χ2v) is 14.1. The summed E-state index contributed by atoms with van der Waals surface area (Å²) in [7, 11) is 0. The third kappa shape index (κ3) is 5.22. The van der Waals surface area contributed by atoms with E-state index < -0.39 is 0 Å². The molecule has 0 saturated heterocycles. The Morgan fingerprint density at radius 3 is 1.62 bits per heavy atom. The summed E-state index contributed by atoms with van der Waals surface area (Å²) < 4.78 is 2.16. The van der Waals surface area contributed by atoms with Crippen LogP contribution in [0.4, 0.5) is 5.69 Å². The summed E-state index contributed by atoms with van der Waals surface area (Å²) in [5, 5.41) is 2.16. The summed E-state index contributed by atoms with van der Waals surface area (Å²) in [6, 6.07) is 63.4. The first-order chi connectivity index (χ1) is 27.1. The normalized spacial score (nSPS) is 12.5. The highest BCUT2D eigenvalue weighted by Gasteiger charge is 2.41. The van der Waals surface area contributed by atoms with Gasteiger partial charge in [-0.1, -0.05) is 152 Å². The maximum Gasteiger partial charge on any atom is 0.268 e. The number of benzene rings is 8. The number of anilines is 1. The van der Waals surface area contributed by atoms with Gasteiger partial charge in [-0.05, 0) is 82.3 Å². The molecule has 0 saturated carbocycles. The zero-order valence-electron chi connectivity index (χ0n) is 30.1. The van der Waals surface area contributed by atoms with Crippen LogP contribution in [0.1, 0.15) is 26.3 Å². The van der Waals surface area contributed by atoms with Crippen LogP contribution in [-0.4, -0.2) is 16.4 Å². The Labute approximate surface area is 319 Å². The van der Waals surface area contributed by atoms with Crippen molar-refractivity contribution in [3.63, 3.8) is 0 Å². The number of nitrogens with zero attached hydrogens (tertiary/aromatic N) is 2. The molecule has 0 spiro atoms. The molecular formula is C51H34N2O2. The lowest BCUT2D eigenvalue weighted by Gasteiger charge is -2.24. The number of para-hydroxylation sites is 1. The summed E-state index contributed by atoms with van der Waals surface area (Å²) in [5.74, 6) is -0.691. The Morgan fingerprint density at radius 2 is 0.945 bits per heavy atom. The first kappa shape index (κ1) is 32.4. The molecule has 0 unspecified atom stereocenters. The average molecular weight is 707 g/mol. The van der Waals surface area contributed by atoms with E-state index in [0.29, 0.717) is 22.5 Å². The molecule has 1 aliphatic heterocycles. The van der Waals surface area contributed by atoms with Crippen LogP contribution < -0.4 is 4.90 Å². The Balaban J connectivity index is 1.23. The van der Waals surface area contributed by atoms with Crippen molar-refractivity contribution >= 4 is 39.3 Å². The quantitative estimate of drug-likeness (QED) is 0.162. The van der Waals surface area contributed by atoms with Crippen molar-refractivity contribution in [2.75, 3.05) is 4.90 Å². The highest BCUT2D eigenvalue weighted by Crippen LogP contribution is 2.47. The molecule has 1 aliphatic rings. The Hall–Kier alpha value is -7.30. The third-order valence-electron chi connectivity index (χ3n) is 10.9. The van der Waals surface area contributed by atoms with E-state index in [0.717, 1.165) is 66.3 Å². The summed E-state index contributed by atoms with van der Waals surface area (Å²) in [4.78, 5) is 31.7. The number of hydrogen-bond acceptors (Lipinski definition) is 2. The molecule has 0 aliphatic carbocycles. The fraction of sp³-hybridized carbons (Fsp3) is 0.0196. The van der Waals surface area contributed by atoms with Gasteiger partial charge >= 0.3 is 0 Å². The molecule has 0 atom stereocenters. The molecule has 0 fully saturated rings. The molecule has 8 aromatic carbocycles. The maximum absolute atomic E-state index is 15.3. The van der Waals surface area contributed by atoms with Gasteiger partial charge in [0, 0.05) is 21.9 Å². The summed E-state index contributed by atoms with van der Waals surface area (Å²) in [5.41, 5.74) is 12.8. The number of amides is 2. The Morgan fingerprint density at radius 1 is 0.382 bits per heavy atom. The molecule has 0 N–H and O–H groups in total. The fourth-order valence-corrected chi connectivity index (χ4v) is 8.30. The average Bonchev–Trinajstić information content (AvgIpc) is 3.71. The van der Waals surface area contributed by atoms with E-state index in [2.05, 4.69) is 90.4 Å². The van der Waals surface area contributed by atoms with E-state index in [1.165, 1.54) is 10.5 Å². The van der Waals surface area contributed by atoms with Crippen molar-refractivity contribution in [2.24, 2.45) is 0 Å². The van der Waals surface area contributed by atoms with Crippen molar-refractivity contribution < 1.29 is 9.59 Å². The van der Waals surface area contributed by atoms with Gasteiger partial charge < -0.3 is 4.57 Å². The monoisotopic (exact) mass is 706 g/mol. The van der Waals surface area contributed by atoms with Crippen LogP contribution in [0.25, 0.3) is 72.0 Å². The van der Waals surface area contributed by atoms with Crippen molar-refractivity contribution in [2.45, 2.75) is 6.92 Å². The SMILES string of the molecule is Cc1ccccc1-c1ccc2c3ccccc3n(-c3cccc4c3C(=O)N(c3c(-c5ccccc5)cc(-c5ccccc5)cc3-c3ccccc3)C4=O)c2c1. The summed E-state index contributed by atoms with van der Waals surface area (Å²) in [6.07, 6.45) is 0. The van der Waals surface area contributed by atoms with Crippen molar-refractivity contribution in [1.82, 2.24) is 4.57 Å². The molecule has 10 rings (SSSR count). The van der Waals surface area contributed by atoms with Gasteiger partial charge in [0.15, 0.2) is 0 Å². The zero-order chi connectivity index (χ0) is 37.0. The smallest absolute Gasteiger partial charge is 0.268 e. The topological polar surface area (TPSA) is 42.3 Å². The van der Waals surface area contributed by atoms with Crippen LogP contribution in [0, 0.1) is 6.92 Å². The zero-order valence-corrected chi connectivity index (χ0v) is 30.1. The van der Waals surface area contributed by atoms with Gasteiger partial charge in [0.25, 0.3) is 11.8 Å². The van der Waals surface area contributed by atoms with E-state index in [1.807, 2.05) is 103 Å².